The standard InChI is InChI=1S/C12H17ClN2O3S/c1-7-6-8(17-2)4-5-15(7)12-14-10(13)9(19-12)11(16)18-3/h7-8H,4-6H2,1-3H3. The van der Waals surface area contributed by atoms with Gasteiger partial charge in [-0.15, -0.1) is 0 Å². The highest BCUT2D eigenvalue weighted by Gasteiger charge is 2.29. The third kappa shape index (κ3) is 3.01. The number of aromatic nitrogens is 1. The molecule has 0 N–H and O–H groups in total. The molecule has 1 aromatic heterocycles. The number of halogens is 1. The number of esters is 1. The van der Waals surface area contributed by atoms with E-state index in [9.17, 15) is 4.79 Å². The first-order chi connectivity index (χ1) is 9.06. The van der Waals surface area contributed by atoms with Gasteiger partial charge in [0.05, 0.1) is 13.2 Å². The van der Waals surface area contributed by atoms with Gasteiger partial charge >= 0.3 is 5.97 Å². The number of hydrogen-bond donors (Lipinski definition) is 0. The molecule has 2 heterocycles. The Morgan fingerprint density at radius 2 is 2.26 bits per heavy atom. The summed E-state index contributed by atoms with van der Waals surface area (Å²) in [5.74, 6) is -0.437. The third-order valence-corrected chi connectivity index (χ3v) is 4.81. The van der Waals surface area contributed by atoms with Gasteiger partial charge in [-0.3, -0.25) is 0 Å². The minimum atomic E-state index is -0.437. The Morgan fingerprint density at radius 1 is 1.53 bits per heavy atom. The largest absolute Gasteiger partial charge is 0.465 e. The van der Waals surface area contributed by atoms with Crippen LogP contribution in [-0.4, -0.2) is 43.9 Å². The van der Waals surface area contributed by atoms with Crippen molar-refractivity contribution in [2.45, 2.75) is 31.9 Å². The van der Waals surface area contributed by atoms with Crippen LogP contribution in [-0.2, 0) is 9.47 Å². The molecule has 0 saturated carbocycles. The van der Waals surface area contributed by atoms with E-state index in [1.807, 2.05) is 0 Å². The molecule has 0 bridgehead atoms. The zero-order chi connectivity index (χ0) is 14.0. The number of piperidine rings is 1. The van der Waals surface area contributed by atoms with E-state index in [2.05, 4.69) is 21.5 Å². The van der Waals surface area contributed by atoms with E-state index in [-0.39, 0.29) is 5.15 Å². The highest BCUT2D eigenvalue weighted by Crippen LogP contribution is 2.34. The third-order valence-electron chi connectivity index (χ3n) is 3.35. The van der Waals surface area contributed by atoms with Crippen molar-refractivity contribution in [1.82, 2.24) is 4.98 Å². The molecular weight excluding hydrogens is 288 g/mol. The molecule has 2 rings (SSSR count). The second-order valence-corrected chi connectivity index (χ2v) is 5.87. The summed E-state index contributed by atoms with van der Waals surface area (Å²) in [5, 5.41) is 0.986. The molecule has 1 aliphatic heterocycles. The van der Waals surface area contributed by atoms with Crippen molar-refractivity contribution in [2.75, 3.05) is 25.7 Å². The SMILES string of the molecule is COC(=O)c1sc(N2CCC(OC)CC2C)nc1Cl. The van der Waals surface area contributed by atoms with Gasteiger partial charge in [-0.1, -0.05) is 22.9 Å². The highest BCUT2D eigenvalue weighted by molar-refractivity contribution is 7.18. The van der Waals surface area contributed by atoms with Gasteiger partial charge < -0.3 is 14.4 Å². The van der Waals surface area contributed by atoms with E-state index in [1.54, 1.807) is 7.11 Å². The topological polar surface area (TPSA) is 51.7 Å². The molecule has 0 radical (unpaired) electrons. The van der Waals surface area contributed by atoms with Crippen LogP contribution < -0.4 is 4.90 Å². The molecule has 0 aromatic carbocycles. The summed E-state index contributed by atoms with van der Waals surface area (Å²) >= 11 is 7.27. The molecule has 1 aromatic rings. The number of thiazole rings is 1. The Kier molecular flexibility index (Phi) is 4.65. The summed E-state index contributed by atoms with van der Waals surface area (Å²) in [6.45, 7) is 2.97. The summed E-state index contributed by atoms with van der Waals surface area (Å²) in [5.41, 5.74) is 0. The monoisotopic (exact) mass is 304 g/mol. The second kappa shape index (κ2) is 6.07. The second-order valence-electron chi connectivity index (χ2n) is 4.53. The zero-order valence-electron chi connectivity index (χ0n) is 11.2. The fourth-order valence-electron chi connectivity index (χ4n) is 2.26. The van der Waals surface area contributed by atoms with Gasteiger partial charge in [-0.25, -0.2) is 9.78 Å². The van der Waals surface area contributed by atoms with E-state index in [0.717, 1.165) is 24.5 Å². The molecule has 2 unspecified atom stereocenters. The first-order valence-electron chi connectivity index (χ1n) is 6.11. The number of methoxy groups -OCH3 is 2. The van der Waals surface area contributed by atoms with E-state index >= 15 is 0 Å². The molecule has 0 spiro atoms. The maximum Gasteiger partial charge on any atom is 0.351 e. The van der Waals surface area contributed by atoms with Crippen LogP contribution in [0.2, 0.25) is 5.15 Å². The molecule has 1 aliphatic rings. The van der Waals surface area contributed by atoms with Gasteiger partial charge in [0.25, 0.3) is 0 Å². The lowest BCUT2D eigenvalue weighted by Gasteiger charge is -2.36. The summed E-state index contributed by atoms with van der Waals surface area (Å²) < 4.78 is 10.1. The van der Waals surface area contributed by atoms with Crippen molar-refractivity contribution in [2.24, 2.45) is 0 Å². The van der Waals surface area contributed by atoms with Gasteiger partial charge in [0.1, 0.15) is 0 Å². The van der Waals surface area contributed by atoms with Crippen LogP contribution >= 0.6 is 22.9 Å². The van der Waals surface area contributed by atoms with Crippen molar-refractivity contribution in [3.05, 3.63) is 10.0 Å². The van der Waals surface area contributed by atoms with Gasteiger partial charge in [0.2, 0.25) is 0 Å². The molecular formula is C12H17ClN2O3S. The van der Waals surface area contributed by atoms with Gasteiger partial charge in [0, 0.05) is 19.7 Å². The fraction of sp³-hybridized carbons (Fsp3) is 0.667. The lowest BCUT2D eigenvalue weighted by atomic mass is 10.0. The van der Waals surface area contributed by atoms with E-state index in [1.165, 1.54) is 18.4 Å². The highest BCUT2D eigenvalue weighted by atomic mass is 35.5. The normalized spacial score (nSPS) is 23.5. The van der Waals surface area contributed by atoms with Crippen molar-refractivity contribution < 1.29 is 14.3 Å². The molecule has 0 aliphatic carbocycles. The van der Waals surface area contributed by atoms with Crippen LogP contribution in [0.5, 0.6) is 0 Å². The molecule has 5 nitrogen and oxygen atoms in total. The molecule has 106 valence electrons. The number of rotatable bonds is 3. The first-order valence-corrected chi connectivity index (χ1v) is 7.30. The van der Waals surface area contributed by atoms with Crippen LogP contribution in [0.4, 0.5) is 5.13 Å². The Labute approximate surface area is 121 Å². The van der Waals surface area contributed by atoms with Crippen molar-refractivity contribution in [3.8, 4) is 0 Å². The Hall–Kier alpha value is -0.850. The molecule has 2 atom stereocenters. The molecule has 1 saturated heterocycles. The fourth-order valence-corrected chi connectivity index (χ4v) is 3.59. The number of hydrogen-bond acceptors (Lipinski definition) is 6. The van der Waals surface area contributed by atoms with Crippen molar-refractivity contribution in [1.29, 1.82) is 0 Å². The Balaban J connectivity index is 2.16. The molecule has 0 amide bonds. The molecule has 7 heteroatoms. The smallest absolute Gasteiger partial charge is 0.351 e. The number of anilines is 1. The van der Waals surface area contributed by atoms with E-state index in [0.29, 0.717) is 17.0 Å². The van der Waals surface area contributed by atoms with Crippen LogP contribution in [0.15, 0.2) is 0 Å². The Bertz CT molecular complexity index is 466. The van der Waals surface area contributed by atoms with Gasteiger partial charge in [-0.2, -0.15) is 0 Å². The minimum Gasteiger partial charge on any atom is -0.465 e. The van der Waals surface area contributed by atoms with Crippen molar-refractivity contribution >= 4 is 34.0 Å². The predicted molar refractivity (Wildman–Crippen MR) is 75.3 cm³/mol. The maximum atomic E-state index is 11.5. The number of ether oxygens (including phenoxy) is 2. The van der Waals surface area contributed by atoms with E-state index in [4.69, 9.17) is 16.3 Å². The minimum absolute atomic E-state index is 0.216. The lowest BCUT2D eigenvalue weighted by Crippen LogP contribution is -2.43. The predicted octanol–water partition coefficient (Wildman–Crippen LogP) is 2.59. The van der Waals surface area contributed by atoms with Crippen LogP contribution in [0, 0.1) is 0 Å². The lowest BCUT2D eigenvalue weighted by molar-refractivity contribution is 0.0606. The van der Waals surface area contributed by atoms with Crippen LogP contribution in [0.1, 0.15) is 29.4 Å². The van der Waals surface area contributed by atoms with Gasteiger partial charge in [0.15, 0.2) is 15.2 Å². The van der Waals surface area contributed by atoms with Gasteiger partial charge in [-0.05, 0) is 19.8 Å². The van der Waals surface area contributed by atoms with Crippen LogP contribution in [0.25, 0.3) is 0 Å². The Morgan fingerprint density at radius 3 is 2.84 bits per heavy atom. The summed E-state index contributed by atoms with van der Waals surface area (Å²) in [7, 11) is 3.08. The van der Waals surface area contributed by atoms with Crippen LogP contribution in [0.3, 0.4) is 0 Å². The van der Waals surface area contributed by atoms with Crippen molar-refractivity contribution in [3.63, 3.8) is 0 Å². The quantitative estimate of drug-likeness (QED) is 0.803. The summed E-state index contributed by atoms with van der Waals surface area (Å²) in [4.78, 5) is 18.3. The number of carbonyl (C=O) groups is 1. The molecule has 1 fully saturated rings. The summed E-state index contributed by atoms with van der Waals surface area (Å²) in [6, 6.07) is 0.311. The zero-order valence-corrected chi connectivity index (χ0v) is 12.8. The molecule has 19 heavy (non-hydrogen) atoms. The van der Waals surface area contributed by atoms with E-state index < -0.39 is 5.97 Å². The first kappa shape index (κ1) is 14.6. The maximum absolute atomic E-state index is 11.5. The number of carbonyl (C=O) groups excluding carboxylic acids is 1. The average molecular weight is 305 g/mol. The number of nitrogens with zero attached hydrogens (tertiary/aromatic N) is 2. The average Bonchev–Trinajstić information content (AvgIpc) is 2.79. The summed E-state index contributed by atoms with van der Waals surface area (Å²) in [6.07, 6.45) is 2.19.